The highest BCUT2D eigenvalue weighted by atomic mass is 31.2. The molecule has 0 radical (unpaired) electrons. The molecule has 0 spiro atoms. The summed E-state index contributed by atoms with van der Waals surface area (Å²) in [5.74, 6) is -0.461. The summed E-state index contributed by atoms with van der Waals surface area (Å²) in [5.41, 5.74) is 5.33. The van der Waals surface area contributed by atoms with E-state index in [0.29, 0.717) is 5.56 Å². The summed E-state index contributed by atoms with van der Waals surface area (Å²) >= 11 is 0. The summed E-state index contributed by atoms with van der Waals surface area (Å²) in [5, 5.41) is 20.5. The van der Waals surface area contributed by atoms with Crippen LogP contribution in [0, 0.1) is 6.92 Å². The topological polar surface area (TPSA) is 116 Å². The van der Waals surface area contributed by atoms with Gasteiger partial charge in [0, 0.05) is 6.07 Å². The standard InChI is InChI=1S/C7H11N2O4P/c1-4-2-5(10)3-6(11)7(4)9-14(8,12)13/h2-3,10-11H,1H3,(H4,8,9,12,13). The maximum atomic E-state index is 10.8. The van der Waals surface area contributed by atoms with Gasteiger partial charge in [-0.05, 0) is 18.6 Å². The van der Waals surface area contributed by atoms with Crippen molar-refractivity contribution in [2.45, 2.75) is 6.92 Å². The van der Waals surface area contributed by atoms with Crippen LogP contribution >= 0.6 is 7.67 Å². The van der Waals surface area contributed by atoms with Gasteiger partial charge in [0.15, 0.2) is 0 Å². The first-order valence-electron chi connectivity index (χ1n) is 3.72. The van der Waals surface area contributed by atoms with Crippen molar-refractivity contribution in [2.24, 2.45) is 5.50 Å². The maximum Gasteiger partial charge on any atom is 0.360 e. The van der Waals surface area contributed by atoms with E-state index in [0.717, 1.165) is 6.07 Å². The first-order chi connectivity index (χ1) is 6.29. The Bertz CT molecular complexity index is 378. The molecule has 1 atom stereocenters. The fourth-order valence-corrected chi connectivity index (χ4v) is 1.67. The van der Waals surface area contributed by atoms with E-state index in [1.807, 2.05) is 0 Å². The van der Waals surface area contributed by atoms with Crippen molar-refractivity contribution in [2.75, 3.05) is 5.09 Å². The Morgan fingerprint density at radius 2 is 2.00 bits per heavy atom. The molecule has 1 rings (SSSR count). The Kier molecular flexibility index (Phi) is 2.71. The zero-order valence-electron chi connectivity index (χ0n) is 7.43. The van der Waals surface area contributed by atoms with Crippen molar-refractivity contribution in [3.05, 3.63) is 17.7 Å². The minimum atomic E-state index is -3.95. The second-order valence-electron chi connectivity index (χ2n) is 2.89. The molecule has 0 bridgehead atoms. The summed E-state index contributed by atoms with van der Waals surface area (Å²) < 4.78 is 10.8. The Morgan fingerprint density at radius 1 is 1.43 bits per heavy atom. The van der Waals surface area contributed by atoms with Gasteiger partial charge < -0.3 is 15.1 Å². The van der Waals surface area contributed by atoms with Crippen LogP contribution in [-0.4, -0.2) is 15.1 Å². The van der Waals surface area contributed by atoms with Gasteiger partial charge in [0.2, 0.25) is 0 Å². The number of nitrogens with two attached hydrogens (primary N) is 1. The van der Waals surface area contributed by atoms with E-state index in [9.17, 15) is 9.67 Å². The molecule has 1 aromatic carbocycles. The quantitative estimate of drug-likeness (QED) is 0.286. The normalized spacial score (nSPS) is 14.8. The Hall–Kier alpha value is -1.23. The van der Waals surface area contributed by atoms with Gasteiger partial charge in [-0.25, -0.2) is 10.1 Å². The number of phenols is 2. The molecule has 0 aliphatic heterocycles. The lowest BCUT2D eigenvalue weighted by Crippen LogP contribution is -2.05. The van der Waals surface area contributed by atoms with Gasteiger partial charge >= 0.3 is 7.67 Å². The summed E-state index contributed by atoms with van der Waals surface area (Å²) in [7, 11) is -3.95. The molecule has 7 heteroatoms. The molecule has 0 aliphatic carbocycles. The van der Waals surface area contributed by atoms with Crippen LogP contribution in [0.25, 0.3) is 0 Å². The van der Waals surface area contributed by atoms with Crippen LogP contribution < -0.4 is 10.6 Å². The molecule has 14 heavy (non-hydrogen) atoms. The Labute approximate surface area is 80.6 Å². The van der Waals surface area contributed by atoms with Crippen molar-refractivity contribution in [1.82, 2.24) is 0 Å². The number of benzene rings is 1. The lowest BCUT2D eigenvalue weighted by Gasteiger charge is -2.13. The van der Waals surface area contributed by atoms with Crippen LogP contribution in [0.4, 0.5) is 5.69 Å². The average Bonchev–Trinajstić information content (AvgIpc) is 1.95. The molecule has 0 saturated heterocycles. The maximum absolute atomic E-state index is 10.8. The monoisotopic (exact) mass is 218 g/mol. The van der Waals surface area contributed by atoms with E-state index in [4.69, 9.17) is 15.5 Å². The third kappa shape index (κ3) is 2.63. The summed E-state index contributed by atoms with van der Waals surface area (Å²) in [6.07, 6.45) is 0. The largest absolute Gasteiger partial charge is 0.508 e. The molecule has 6 nitrogen and oxygen atoms in total. The van der Waals surface area contributed by atoms with E-state index in [-0.39, 0.29) is 17.2 Å². The van der Waals surface area contributed by atoms with Crippen LogP contribution in [0.5, 0.6) is 11.5 Å². The zero-order chi connectivity index (χ0) is 10.9. The number of rotatable bonds is 2. The van der Waals surface area contributed by atoms with Crippen LogP contribution in [0.15, 0.2) is 12.1 Å². The number of hydrogen-bond donors (Lipinski definition) is 5. The lowest BCUT2D eigenvalue weighted by atomic mass is 10.2. The predicted molar refractivity (Wildman–Crippen MR) is 52.1 cm³/mol. The molecule has 0 aromatic heterocycles. The van der Waals surface area contributed by atoms with Crippen molar-refractivity contribution in [1.29, 1.82) is 0 Å². The highest BCUT2D eigenvalue weighted by Gasteiger charge is 2.15. The average molecular weight is 218 g/mol. The molecular formula is C7H11N2O4P. The van der Waals surface area contributed by atoms with E-state index in [1.165, 1.54) is 6.07 Å². The second-order valence-corrected chi connectivity index (χ2v) is 4.36. The first kappa shape index (κ1) is 10.8. The smallest absolute Gasteiger partial charge is 0.360 e. The molecule has 0 fully saturated rings. The van der Waals surface area contributed by atoms with E-state index in [1.54, 1.807) is 6.92 Å². The minimum Gasteiger partial charge on any atom is -0.508 e. The summed E-state index contributed by atoms with van der Waals surface area (Å²) in [4.78, 5) is 8.84. The van der Waals surface area contributed by atoms with Crippen molar-refractivity contribution < 1.29 is 19.7 Å². The molecular weight excluding hydrogens is 207 g/mol. The Balaban J connectivity index is 3.15. The minimum absolute atomic E-state index is 0.0381. The SMILES string of the molecule is Cc1cc(O)cc(O)c1NP(N)(=O)O. The highest BCUT2D eigenvalue weighted by Crippen LogP contribution is 2.39. The molecule has 0 heterocycles. The zero-order valence-corrected chi connectivity index (χ0v) is 8.32. The fourth-order valence-electron chi connectivity index (χ4n) is 1.06. The second kappa shape index (κ2) is 3.49. The molecule has 6 N–H and O–H groups in total. The Morgan fingerprint density at radius 3 is 2.43 bits per heavy atom. The number of anilines is 1. The third-order valence-electron chi connectivity index (χ3n) is 1.57. The van der Waals surface area contributed by atoms with E-state index < -0.39 is 7.67 Å². The van der Waals surface area contributed by atoms with Crippen LogP contribution in [0.1, 0.15) is 5.56 Å². The number of hydrogen-bond acceptors (Lipinski definition) is 3. The van der Waals surface area contributed by atoms with Gasteiger partial charge in [0.25, 0.3) is 0 Å². The van der Waals surface area contributed by atoms with E-state index in [2.05, 4.69) is 5.09 Å². The molecule has 0 amide bonds. The van der Waals surface area contributed by atoms with E-state index >= 15 is 0 Å². The van der Waals surface area contributed by atoms with Crippen LogP contribution in [0.3, 0.4) is 0 Å². The van der Waals surface area contributed by atoms with Crippen molar-refractivity contribution in [3.8, 4) is 11.5 Å². The number of aromatic hydroxyl groups is 2. The van der Waals surface area contributed by atoms with Gasteiger partial charge in [0.05, 0.1) is 5.69 Å². The lowest BCUT2D eigenvalue weighted by molar-refractivity contribution is 0.450. The van der Waals surface area contributed by atoms with Gasteiger partial charge in [-0.3, -0.25) is 5.09 Å². The van der Waals surface area contributed by atoms with Gasteiger partial charge in [-0.1, -0.05) is 0 Å². The van der Waals surface area contributed by atoms with Crippen LogP contribution in [-0.2, 0) is 4.57 Å². The van der Waals surface area contributed by atoms with Gasteiger partial charge in [-0.15, -0.1) is 0 Å². The molecule has 0 saturated carbocycles. The van der Waals surface area contributed by atoms with Crippen LogP contribution in [0.2, 0.25) is 0 Å². The third-order valence-corrected chi connectivity index (χ3v) is 2.12. The van der Waals surface area contributed by atoms with Gasteiger partial charge in [-0.2, -0.15) is 0 Å². The number of phenolic OH excluding ortho intramolecular Hbond substituents is 2. The summed E-state index contributed by atoms with van der Waals surface area (Å²) in [6.45, 7) is 1.55. The number of nitrogens with one attached hydrogen (secondary N) is 1. The van der Waals surface area contributed by atoms with Crippen molar-refractivity contribution >= 4 is 13.4 Å². The fraction of sp³-hybridized carbons (Fsp3) is 0.143. The predicted octanol–water partition coefficient (Wildman–Crippen LogP) is 0.877. The van der Waals surface area contributed by atoms with Crippen molar-refractivity contribution in [3.63, 3.8) is 0 Å². The molecule has 1 unspecified atom stereocenters. The highest BCUT2D eigenvalue weighted by molar-refractivity contribution is 7.57. The first-order valence-corrected chi connectivity index (χ1v) is 5.45. The number of aryl methyl sites for hydroxylation is 1. The molecule has 1 aromatic rings. The molecule has 78 valence electrons. The summed E-state index contributed by atoms with van der Waals surface area (Å²) in [6, 6.07) is 2.38. The molecule has 0 aliphatic rings. The van der Waals surface area contributed by atoms with Gasteiger partial charge in [0.1, 0.15) is 11.5 Å².